The van der Waals surface area contributed by atoms with Crippen molar-refractivity contribution in [2.45, 2.75) is 12.8 Å². The molecular weight excluding hydrogens is 353 g/mol. The Morgan fingerprint density at radius 2 is 2.18 bits per heavy atom. The Labute approximate surface area is 115 Å². The molecule has 4 nitrogen and oxygen atoms in total. The van der Waals surface area contributed by atoms with Crippen LogP contribution in [0.15, 0.2) is 18.2 Å². The molecule has 0 aliphatic rings. The lowest BCUT2D eigenvalue weighted by atomic mass is 10.1. The third-order valence-corrected chi connectivity index (χ3v) is 3.71. The summed E-state index contributed by atoms with van der Waals surface area (Å²) in [5.41, 5.74) is 1.66. The van der Waals surface area contributed by atoms with E-state index in [0.29, 0.717) is 18.4 Å². The van der Waals surface area contributed by atoms with Gasteiger partial charge in [0.25, 0.3) is 10.1 Å². The molecule has 0 N–H and O–H groups in total. The molecular formula is C11H12INO3S. The molecule has 0 heterocycles. The number of nitrogens with zero attached hydrogens (tertiary/aromatic N) is 1. The van der Waals surface area contributed by atoms with E-state index in [0.717, 1.165) is 15.4 Å². The maximum atomic E-state index is 10.7. The first kappa shape index (κ1) is 14.4. The van der Waals surface area contributed by atoms with E-state index >= 15 is 0 Å². The van der Waals surface area contributed by atoms with Crippen molar-refractivity contribution in [3.63, 3.8) is 0 Å². The maximum absolute atomic E-state index is 10.7. The fourth-order valence-electron chi connectivity index (χ4n) is 1.31. The van der Waals surface area contributed by atoms with Crippen molar-refractivity contribution < 1.29 is 12.6 Å². The van der Waals surface area contributed by atoms with Gasteiger partial charge in [0.1, 0.15) is 0 Å². The van der Waals surface area contributed by atoms with Crippen LogP contribution in [-0.2, 0) is 20.7 Å². The van der Waals surface area contributed by atoms with E-state index in [1.807, 2.05) is 12.1 Å². The predicted molar refractivity (Wildman–Crippen MR) is 73.0 cm³/mol. The topological polar surface area (TPSA) is 67.2 Å². The summed E-state index contributed by atoms with van der Waals surface area (Å²) < 4.78 is 27.2. The number of benzene rings is 1. The summed E-state index contributed by atoms with van der Waals surface area (Å²) in [5, 5.41) is 8.77. The van der Waals surface area contributed by atoms with Crippen LogP contribution in [0.4, 0.5) is 0 Å². The van der Waals surface area contributed by atoms with Gasteiger partial charge >= 0.3 is 0 Å². The standard InChI is InChI=1S/C11H12INO3S/c1-17(14,15)16-6-2-3-10-7-9(8-13)4-5-11(10)12/h4-5,7H,2-3,6H2,1H3. The second-order valence-corrected chi connectivity index (χ2v) is 6.35. The summed E-state index contributed by atoms with van der Waals surface area (Å²) in [6.07, 6.45) is 2.34. The summed E-state index contributed by atoms with van der Waals surface area (Å²) >= 11 is 2.19. The molecule has 1 rings (SSSR count). The van der Waals surface area contributed by atoms with Gasteiger partial charge in [-0.15, -0.1) is 0 Å². The van der Waals surface area contributed by atoms with Gasteiger partial charge in [-0.3, -0.25) is 4.18 Å². The Kier molecular flexibility index (Phi) is 5.36. The number of nitriles is 1. The van der Waals surface area contributed by atoms with E-state index in [1.165, 1.54) is 0 Å². The van der Waals surface area contributed by atoms with Crippen molar-refractivity contribution in [2.24, 2.45) is 0 Å². The van der Waals surface area contributed by atoms with Crippen LogP contribution >= 0.6 is 22.6 Å². The van der Waals surface area contributed by atoms with Crippen LogP contribution in [0.5, 0.6) is 0 Å². The molecule has 6 heteroatoms. The number of rotatable bonds is 5. The van der Waals surface area contributed by atoms with Crippen molar-refractivity contribution in [3.8, 4) is 6.07 Å². The van der Waals surface area contributed by atoms with Gasteiger partial charge in [-0.25, -0.2) is 0 Å². The lowest BCUT2D eigenvalue weighted by Gasteiger charge is -2.05. The Hall–Kier alpha value is -0.650. The quantitative estimate of drug-likeness (QED) is 0.455. The van der Waals surface area contributed by atoms with Gasteiger partial charge in [-0.1, -0.05) is 0 Å². The van der Waals surface area contributed by atoms with E-state index in [-0.39, 0.29) is 6.61 Å². The molecule has 92 valence electrons. The summed E-state index contributed by atoms with van der Waals surface area (Å²) in [5.74, 6) is 0. The zero-order chi connectivity index (χ0) is 12.9. The Balaban J connectivity index is 2.55. The first-order chi connectivity index (χ1) is 7.92. The van der Waals surface area contributed by atoms with Crippen LogP contribution < -0.4 is 0 Å². The highest BCUT2D eigenvalue weighted by Gasteiger charge is 2.04. The molecule has 0 unspecified atom stereocenters. The molecule has 0 aliphatic carbocycles. The fourth-order valence-corrected chi connectivity index (χ4v) is 2.33. The largest absolute Gasteiger partial charge is 0.270 e. The zero-order valence-corrected chi connectivity index (χ0v) is 12.3. The van der Waals surface area contributed by atoms with E-state index in [4.69, 9.17) is 5.26 Å². The minimum Gasteiger partial charge on any atom is -0.270 e. The van der Waals surface area contributed by atoms with Gasteiger partial charge in [-0.05, 0) is 59.2 Å². The van der Waals surface area contributed by atoms with E-state index < -0.39 is 10.1 Å². The van der Waals surface area contributed by atoms with Gasteiger partial charge < -0.3 is 0 Å². The highest BCUT2D eigenvalue weighted by Crippen LogP contribution is 2.16. The minimum absolute atomic E-state index is 0.172. The first-order valence-corrected chi connectivity index (χ1v) is 7.85. The molecule has 0 aliphatic heterocycles. The molecule has 0 amide bonds. The van der Waals surface area contributed by atoms with Crippen LogP contribution in [0.25, 0.3) is 0 Å². The number of hydrogen-bond acceptors (Lipinski definition) is 4. The number of aryl methyl sites for hydroxylation is 1. The van der Waals surface area contributed by atoms with Gasteiger partial charge in [0.2, 0.25) is 0 Å². The second-order valence-electron chi connectivity index (χ2n) is 3.55. The molecule has 0 atom stereocenters. The van der Waals surface area contributed by atoms with Crippen molar-refractivity contribution in [2.75, 3.05) is 12.9 Å². The molecule has 1 aromatic rings. The Morgan fingerprint density at radius 1 is 1.47 bits per heavy atom. The highest BCUT2D eigenvalue weighted by molar-refractivity contribution is 14.1. The fraction of sp³-hybridized carbons (Fsp3) is 0.364. The van der Waals surface area contributed by atoms with Crippen LogP contribution in [0.3, 0.4) is 0 Å². The second kappa shape index (κ2) is 6.33. The molecule has 0 fully saturated rings. The number of halogens is 1. The maximum Gasteiger partial charge on any atom is 0.264 e. The highest BCUT2D eigenvalue weighted by atomic mass is 127. The van der Waals surface area contributed by atoms with E-state index in [1.54, 1.807) is 6.07 Å². The summed E-state index contributed by atoms with van der Waals surface area (Å²) in [6, 6.07) is 7.54. The lowest BCUT2D eigenvalue weighted by Crippen LogP contribution is -2.05. The first-order valence-electron chi connectivity index (χ1n) is 4.95. The van der Waals surface area contributed by atoms with Crippen LogP contribution in [0.1, 0.15) is 17.5 Å². The van der Waals surface area contributed by atoms with Crippen molar-refractivity contribution in [3.05, 3.63) is 32.9 Å². The molecule has 0 radical (unpaired) electrons. The predicted octanol–water partition coefficient (Wildman–Crippen LogP) is 2.07. The molecule has 0 aromatic heterocycles. The lowest BCUT2D eigenvalue weighted by molar-refractivity contribution is 0.316. The van der Waals surface area contributed by atoms with Crippen molar-refractivity contribution >= 4 is 32.7 Å². The summed E-state index contributed by atoms with van der Waals surface area (Å²) in [7, 11) is -3.36. The van der Waals surface area contributed by atoms with Gasteiger partial charge in [-0.2, -0.15) is 13.7 Å². The Bertz CT molecular complexity index is 534. The smallest absolute Gasteiger partial charge is 0.264 e. The summed E-state index contributed by atoms with van der Waals surface area (Å²) in [4.78, 5) is 0. The van der Waals surface area contributed by atoms with E-state index in [9.17, 15) is 8.42 Å². The normalized spacial score (nSPS) is 11.1. The molecule has 17 heavy (non-hydrogen) atoms. The Morgan fingerprint density at radius 3 is 2.76 bits per heavy atom. The molecule has 0 bridgehead atoms. The van der Waals surface area contributed by atoms with Gasteiger partial charge in [0, 0.05) is 3.57 Å². The van der Waals surface area contributed by atoms with Gasteiger partial charge in [0.05, 0.1) is 24.5 Å². The van der Waals surface area contributed by atoms with Crippen LogP contribution in [0, 0.1) is 14.9 Å². The summed E-state index contributed by atoms with van der Waals surface area (Å²) in [6.45, 7) is 0.172. The third kappa shape index (κ3) is 5.48. The molecule has 0 spiro atoms. The SMILES string of the molecule is CS(=O)(=O)OCCCc1cc(C#N)ccc1I. The van der Waals surface area contributed by atoms with Crippen LogP contribution in [-0.4, -0.2) is 21.3 Å². The monoisotopic (exact) mass is 365 g/mol. The zero-order valence-electron chi connectivity index (χ0n) is 9.31. The van der Waals surface area contributed by atoms with E-state index in [2.05, 4.69) is 32.8 Å². The molecule has 0 saturated heterocycles. The molecule has 0 saturated carbocycles. The average molecular weight is 365 g/mol. The van der Waals surface area contributed by atoms with Crippen molar-refractivity contribution in [1.29, 1.82) is 5.26 Å². The van der Waals surface area contributed by atoms with Gasteiger partial charge in [0.15, 0.2) is 0 Å². The third-order valence-electron chi connectivity index (χ3n) is 2.06. The van der Waals surface area contributed by atoms with Crippen LogP contribution in [0.2, 0.25) is 0 Å². The average Bonchev–Trinajstić information content (AvgIpc) is 2.25. The minimum atomic E-state index is -3.36. The molecule has 1 aromatic carbocycles. The number of hydrogen-bond donors (Lipinski definition) is 0. The van der Waals surface area contributed by atoms with Crippen molar-refractivity contribution in [1.82, 2.24) is 0 Å².